The second-order valence-corrected chi connectivity index (χ2v) is 9.73. The molecule has 0 atom stereocenters. The zero-order valence-corrected chi connectivity index (χ0v) is 18.3. The number of sulfonamides is 1. The van der Waals surface area contributed by atoms with Crippen LogP contribution in [0.1, 0.15) is 42.0 Å². The average Bonchev–Trinajstić information content (AvgIpc) is 2.62. The van der Waals surface area contributed by atoms with E-state index in [0.717, 1.165) is 22.8 Å². The van der Waals surface area contributed by atoms with Crippen molar-refractivity contribution in [2.24, 2.45) is 0 Å². The summed E-state index contributed by atoms with van der Waals surface area (Å²) in [5, 5.41) is 0. The molecule has 0 aliphatic heterocycles. The number of rotatable bonds is 9. The first-order valence-corrected chi connectivity index (χ1v) is 11.7. The van der Waals surface area contributed by atoms with Gasteiger partial charge in [0.1, 0.15) is 5.75 Å². The van der Waals surface area contributed by atoms with E-state index < -0.39 is 10.0 Å². The Balaban J connectivity index is 2.00. The molecule has 6 heteroatoms. The molecule has 2 rings (SSSR count). The SMILES string of the molecule is COc1cc(C)c(S(=O)(=O)NCCSCc2ccccc2C)cc1C(C)C. The van der Waals surface area contributed by atoms with Gasteiger partial charge in [0.15, 0.2) is 0 Å². The van der Waals surface area contributed by atoms with Crippen molar-refractivity contribution >= 4 is 21.8 Å². The summed E-state index contributed by atoms with van der Waals surface area (Å²) in [4.78, 5) is 0.330. The summed E-state index contributed by atoms with van der Waals surface area (Å²) in [7, 11) is -1.93. The quantitative estimate of drug-likeness (QED) is 0.615. The lowest BCUT2D eigenvalue weighted by atomic mass is 10.0. The summed E-state index contributed by atoms with van der Waals surface area (Å²) in [5.74, 6) is 2.52. The highest BCUT2D eigenvalue weighted by Crippen LogP contribution is 2.31. The fraction of sp³-hybridized carbons (Fsp3) is 0.429. The molecule has 0 amide bonds. The maximum Gasteiger partial charge on any atom is 0.240 e. The number of methoxy groups -OCH3 is 1. The summed E-state index contributed by atoms with van der Waals surface area (Å²) >= 11 is 1.73. The summed E-state index contributed by atoms with van der Waals surface area (Å²) < 4.78 is 33.6. The van der Waals surface area contributed by atoms with Gasteiger partial charge in [-0.2, -0.15) is 11.8 Å². The summed E-state index contributed by atoms with van der Waals surface area (Å²) in [6, 6.07) is 11.8. The second kappa shape index (κ2) is 9.62. The largest absolute Gasteiger partial charge is 0.496 e. The number of ether oxygens (including phenoxy) is 1. The third kappa shape index (κ3) is 5.74. The van der Waals surface area contributed by atoms with E-state index >= 15 is 0 Å². The standard InChI is InChI=1S/C21H29NO3S2/c1-15(2)19-13-21(17(4)12-20(19)25-5)27(23,24)22-10-11-26-14-18-9-7-6-8-16(18)3/h6-9,12-13,15,22H,10-11,14H2,1-5H3. The molecule has 0 radical (unpaired) electrons. The van der Waals surface area contributed by atoms with E-state index in [2.05, 4.69) is 23.8 Å². The fourth-order valence-corrected chi connectivity index (χ4v) is 5.23. The average molecular weight is 408 g/mol. The Hall–Kier alpha value is -1.50. The van der Waals surface area contributed by atoms with Crippen molar-refractivity contribution in [2.75, 3.05) is 19.4 Å². The molecule has 0 bridgehead atoms. The van der Waals surface area contributed by atoms with Crippen LogP contribution in [-0.2, 0) is 15.8 Å². The number of thioether (sulfide) groups is 1. The lowest BCUT2D eigenvalue weighted by molar-refractivity contribution is 0.406. The van der Waals surface area contributed by atoms with E-state index in [4.69, 9.17) is 4.74 Å². The van der Waals surface area contributed by atoms with E-state index in [9.17, 15) is 8.42 Å². The first-order valence-electron chi connectivity index (χ1n) is 9.06. The van der Waals surface area contributed by atoms with Gasteiger partial charge in [-0.3, -0.25) is 0 Å². The Morgan fingerprint density at radius 1 is 1.11 bits per heavy atom. The molecular weight excluding hydrogens is 378 g/mol. The van der Waals surface area contributed by atoms with Gasteiger partial charge in [-0.05, 0) is 54.2 Å². The van der Waals surface area contributed by atoms with E-state index in [1.807, 2.05) is 26.0 Å². The summed E-state index contributed by atoms with van der Waals surface area (Å²) in [6.07, 6.45) is 0. The minimum Gasteiger partial charge on any atom is -0.496 e. The first kappa shape index (κ1) is 21.8. The normalized spacial score (nSPS) is 11.8. The van der Waals surface area contributed by atoms with E-state index in [0.29, 0.717) is 17.0 Å². The third-order valence-corrected chi connectivity index (χ3v) is 7.11. The topological polar surface area (TPSA) is 55.4 Å². The number of benzene rings is 2. The molecule has 1 N–H and O–H groups in total. The Morgan fingerprint density at radius 2 is 1.81 bits per heavy atom. The Bertz CT molecular complexity index is 877. The molecule has 0 spiro atoms. The van der Waals surface area contributed by atoms with Gasteiger partial charge in [0.25, 0.3) is 0 Å². The molecule has 0 saturated heterocycles. The maximum absolute atomic E-state index is 12.8. The highest BCUT2D eigenvalue weighted by molar-refractivity contribution is 7.98. The Kier molecular flexibility index (Phi) is 7.77. The van der Waals surface area contributed by atoms with Crippen LogP contribution in [0.15, 0.2) is 41.3 Å². The van der Waals surface area contributed by atoms with Gasteiger partial charge in [0, 0.05) is 18.1 Å². The van der Waals surface area contributed by atoms with Gasteiger partial charge in [-0.15, -0.1) is 0 Å². The van der Waals surface area contributed by atoms with Crippen molar-refractivity contribution in [1.29, 1.82) is 0 Å². The van der Waals surface area contributed by atoms with Gasteiger partial charge in [-0.1, -0.05) is 38.1 Å². The molecule has 148 valence electrons. The molecule has 0 heterocycles. The number of aryl methyl sites for hydroxylation is 2. The Morgan fingerprint density at radius 3 is 2.44 bits per heavy atom. The van der Waals surface area contributed by atoms with Crippen molar-refractivity contribution in [3.05, 3.63) is 58.7 Å². The van der Waals surface area contributed by atoms with Gasteiger partial charge in [-0.25, -0.2) is 13.1 Å². The van der Waals surface area contributed by atoms with E-state index in [-0.39, 0.29) is 5.92 Å². The molecule has 0 aromatic heterocycles. The molecule has 4 nitrogen and oxygen atoms in total. The van der Waals surface area contributed by atoms with Crippen molar-refractivity contribution in [1.82, 2.24) is 4.72 Å². The second-order valence-electron chi connectivity index (χ2n) is 6.89. The van der Waals surface area contributed by atoms with Crippen LogP contribution in [0, 0.1) is 13.8 Å². The molecule has 0 aliphatic carbocycles. The van der Waals surface area contributed by atoms with Gasteiger partial charge in [0.2, 0.25) is 10.0 Å². The van der Waals surface area contributed by atoms with E-state index in [1.54, 1.807) is 37.9 Å². The highest BCUT2D eigenvalue weighted by atomic mass is 32.2. The lowest BCUT2D eigenvalue weighted by Crippen LogP contribution is -2.27. The smallest absolute Gasteiger partial charge is 0.240 e. The molecule has 0 aliphatic rings. The summed E-state index contributed by atoms with van der Waals surface area (Å²) in [5.41, 5.74) is 4.15. The van der Waals surface area contributed by atoms with E-state index in [1.165, 1.54) is 11.1 Å². The van der Waals surface area contributed by atoms with Crippen molar-refractivity contribution < 1.29 is 13.2 Å². The Labute approximate surface area is 167 Å². The van der Waals surface area contributed by atoms with Gasteiger partial charge < -0.3 is 4.74 Å². The van der Waals surface area contributed by atoms with Crippen molar-refractivity contribution in [2.45, 2.75) is 44.3 Å². The fourth-order valence-electron chi connectivity index (χ4n) is 2.87. The lowest BCUT2D eigenvalue weighted by Gasteiger charge is -2.16. The minimum absolute atomic E-state index is 0.180. The van der Waals surface area contributed by atoms with Crippen LogP contribution >= 0.6 is 11.8 Å². The predicted octanol–water partition coefficient (Wildman–Crippen LogP) is 4.65. The van der Waals surface area contributed by atoms with Crippen LogP contribution in [0.3, 0.4) is 0 Å². The maximum atomic E-state index is 12.8. The first-order chi connectivity index (χ1) is 12.8. The number of hydrogen-bond acceptors (Lipinski definition) is 4. The minimum atomic E-state index is -3.54. The zero-order valence-electron chi connectivity index (χ0n) is 16.7. The van der Waals surface area contributed by atoms with Crippen molar-refractivity contribution in [3.63, 3.8) is 0 Å². The zero-order chi connectivity index (χ0) is 20.0. The van der Waals surface area contributed by atoms with Gasteiger partial charge in [0.05, 0.1) is 12.0 Å². The third-order valence-electron chi connectivity index (χ3n) is 4.50. The number of hydrogen-bond donors (Lipinski definition) is 1. The van der Waals surface area contributed by atoms with Crippen molar-refractivity contribution in [3.8, 4) is 5.75 Å². The predicted molar refractivity (Wildman–Crippen MR) is 114 cm³/mol. The van der Waals surface area contributed by atoms with Crippen LogP contribution < -0.4 is 9.46 Å². The van der Waals surface area contributed by atoms with Crippen LogP contribution in [-0.4, -0.2) is 27.8 Å². The van der Waals surface area contributed by atoms with Crippen LogP contribution in [0.4, 0.5) is 0 Å². The van der Waals surface area contributed by atoms with Crippen LogP contribution in [0.2, 0.25) is 0 Å². The molecule has 27 heavy (non-hydrogen) atoms. The summed E-state index contributed by atoms with van der Waals surface area (Å²) in [6.45, 7) is 8.35. The monoisotopic (exact) mass is 407 g/mol. The molecular formula is C21H29NO3S2. The molecule has 0 saturated carbocycles. The molecule has 2 aromatic carbocycles. The molecule has 0 unspecified atom stereocenters. The van der Waals surface area contributed by atoms with Crippen LogP contribution in [0.25, 0.3) is 0 Å². The van der Waals surface area contributed by atoms with Crippen LogP contribution in [0.5, 0.6) is 5.75 Å². The molecule has 2 aromatic rings. The molecule has 0 fully saturated rings. The number of nitrogens with one attached hydrogen (secondary N) is 1. The highest BCUT2D eigenvalue weighted by Gasteiger charge is 2.20. The van der Waals surface area contributed by atoms with Gasteiger partial charge >= 0.3 is 0 Å².